The number of amides is 1. The van der Waals surface area contributed by atoms with Crippen LogP contribution in [0.15, 0.2) is 0 Å². The van der Waals surface area contributed by atoms with Gasteiger partial charge in [0, 0.05) is 14.3 Å². The lowest BCUT2D eigenvalue weighted by atomic mass is 10.1. The highest BCUT2D eigenvalue weighted by Gasteiger charge is 2.64. The monoisotopic (exact) mass is 937 g/mol. The van der Waals surface area contributed by atoms with Crippen LogP contribution in [0.4, 0.5) is 22.0 Å². The molecule has 1 aromatic carbocycles. The summed E-state index contributed by atoms with van der Waals surface area (Å²) in [6.45, 7) is 0.110. The highest BCUT2D eigenvalue weighted by atomic mass is 127. The Morgan fingerprint density at radius 1 is 1.06 bits per heavy atom. The fourth-order valence-corrected chi connectivity index (χ4v) is 6.30. The Morgan fingerprint density at radius 3 is 1.94 bits per heavy atom. The molecule has 0 aliphatic carbocycles. The first-order valence-corrected chi connectivity index (χ1v) is 13.5. The van der Waals surface area contributed by atoms with E-state index >= 15 is 0 Å². The standard InChI is InChI=1S/C14H8F5I4NO7S/c15-13(16,17)12(14(18,19)32(27,28)29)24-10(25)4-5(11(26)31-2-3-1-30-3)7(21)9(23)8(22)6(4)20/h3,12H,1-2H2,(H,24,25)(H,27,28,29). The molecule has 180 valence electrons. The molecule has 1 heterocycles. The number of benzene rings is 1. The van der Waals surface area contributed by atoms with Gasteiger partial charge in [-0.05, 0) is 90.4 Å². The SMILES string of the molecule is O=C(NC(C(F)(F)F)C(F)(F)S(=O)(=O)O)c1c(I)c(I)c(I)c(I)c1C(=O)OCC1CO1. The average molecular weight is 937 g/mol. The van der Waals surface area contributed by atoms with Gasteiger partial charge >= 0.3 is 27.5 Å². The summed E-state index contributed by atoms with van der Waals surface area (Å²) in [5, 5.41) is -4.90. The number of nitrogens with one attached hydrogen (secondary N) is 1. The number of rotatable bonds is 7. The van der Waals surface area contributed by atoms with Gasteiger partial charge in [-0.3, -0.25) is 9.35 Å². The van der Waals surface area contributed by atoms with Crippen molar-refractivity contribution in [1.82, 2.24) is 5.32 Å². The van der Waals surface area contributed by atoms with E-state index in [2.05, 4.69) is 0 Å². The smallest absolute Gasteiger partial charge is 0.415 e. The Morgan fingerprint density at radius 2 is 1.53 bits per heavy atom. The molecular weight excluding hydrogens is 929 g/mol. The molecule has 0 saturated carbocycles. The van der Waals surface area contributed by atoms with Gasteiger partial charge in [-0.15, -0.1) is 0 Å². The Hall–Kier alpha value is 0.600. The Balaban J connectivity index is 2.59. The molecule has 2 N–H and O–H groups in total. The van der Waals surface area contributed by atoms with Crippen LogP contribution in [-0.2, 0) is 19.6 Å². The molecule has 8 nitrogen and oxygen atoms in total. The van der Waals surface area contributed by atoms with E-state index in [1.54, 1.807) is 45.2 Å². The van der Waals surface area contributed by atoms with Gasteiger partial charge in [0.15, 0.2) is 0 Å². The van der Waals surface area contributed by atoms with Gasteiger partial charge in [-0.2, -0.15) is 30.4 Å². The third-order valence-corrected chi connectivity index (χ3v) is 12.1. The van der Waals surface area contributed by atoms with Crippen molar-refractivity contribution in [2.24, 2.45) is 0 Å². The van der Waals surface area contributed by atoms with E-state index in [1.165, 1.54) is 22.6 Å². The van der Waals surface area contributed by atoms with Crippen LogP contribution in [0.2, 0.25) is 0 Å². The molecule has 1 saturated heterocycles. The van der Waals surface area contributed by atoms with Crippen LogP contribution >= 0.6 is 90.4 Å². The van der Waals surface area contributed by atoms with E-state index in [1.807, 2.05) is 22.6 Å². The number of hydrogen-bond acceptors (Lipinski definition) is 6. The van der Waals surface area contributed by atoms with E-state index in [-0.39, 0.29) is 19.9 Å². The molecule has 2 unspecified atom stereocenters. The van der Waals surface area contributed by atoms with Crippen LogP contribution in [0.25, 0.3) is 0 Å². The molecule has 2 rings (SSSR count). The summed E-state index contributed by atoms with van der Waals surface area (Å²) in [5.41, 5.74) is -1.21. The maximum atomic E-state index is 13.9. The fraction of sp³-hybridized carbons (Fsp3) is 0.429. The van der Waals surface area contributed by atoms with Crippen LogP contribution in [0.5, 0.6) is 0 Å². The van der Waals surface area contributed by atoms with Gasteiger partial charge < -0.3 is 14.8 Å². The number of carbonyl (C=O) groups is 2. The van der Waals surface area contributed by atoms with Crippen molar-refractivity contribution in [1.29, 1.82) is 0 Å². The largest absolute Gasteiger partial charge is 0.459 e. The Labute approximate surface area is 231 Å². The van der Waals surface area contributed by atoms with Gasteiger partial charge in [0.25, 0.3) is 5.91 Å². The number of esters is 1. The molecule has 0 aromatic heterocycles. The van der Waals surface area contributed by atoms with E-state index in [9.17, 15) is 40.0 Å². The summed E-state index contributed by atoms with van der Waals surface area (Å²) in [6.07, 6.45) is -6.35. The third kappa shape index (κ3) is 6.23. The summed E-state index contributed by atoms with van der Waals surface area (Å²) in [4.78, 5) is 25.3. The minimum absolute atomic E-state index is 0.0590. The summed E-state index contributed by atoms with van der Waals surface area (Å²) in [6, 6.07) is -4.30. The van der Waals surface area contributed by atoms with Crippen molar-refractivity contribution in [3.05, 3.63) is 25.4 Å². The molecule has 1 aliphatic heterocycles. The molecule has 18 heteroatoms. The lowest BCUT2D eigenvalue weighted by Gasteiger charge is -2.27. The van der Waals surface area contributed by atoms with Gasteiger partial charge in [0.2, 0.25) is 6.04 Å². The van der Waals surface area contributed by atoms with Crippen LogP contribution in [0, 0.1) is 14.3 Å². The summed E-state index contributed by atoms with van der Waals surface area (Å²) in [7, 11) is -6.56. The average Bonchev–Trinajstić information content (AvgIpc) is 3.47. The summed E-state index contributed by atoms with van der Waals surface area (Å²) in [5.74, 6) is -2.94. The zero-order valence-corrected chi connectivity index (χ0v) is 24.2. The van der Waals surface area contributed by atoms with Crippen molar-refractivity contribution in [2.75, 3.05) is 13.2 Å². The maximum absolute atomic E-state index is 13.9. The van der Waals surface area contributed by atoms with Crippen molar-refractivity contribution in [3.63, 3.8) is 0 Å². The van der Waals surface area contributed by atoms with E-state index in [4.69, 9.17) is 14.0 Å². The molecule has 0 spiro atoms. The highest BCUT2D eigenvalue weighted by Crippen LogP contribution is 2.37. The lowest BCUT2D eigenvalue weighted by Crippen LogP contribution is -2.59. The maximum Gasteiger partial charge on any atom is 0.415 e. The summed E-state index contributed by atoms with van der Waals surface area (Å²) < 4.78 is 109. The second-order valence-corrected chi connectivity index (χ2v) is 11.9. The molecule has 1 fully saturated rings. The number of carbonyl (C=O) groups excluding carboxylic acids is 2. The van der Waals surface area contributed by atoms with E-state index in [0.717, 1.165) is 5.32 Å². The highest BCUT2D eigenvalue weighted by molar-refractivity contribution is 14.1. The first-order chi connectivity index (χ1) is 14.4. The van der Waals surface area contributed by atoms with Crippen molar-refractivity contribution in [3.8, 4) is 0 Å². The first kappa shape index (κ1) is 28.8. The predicted molar refractivity (Wildman–Crippen MR) is 131 cm³/mol. The van der Waals surface area contributed by atoms with Crippen LogP contribution < -0.4 is 5.32 Å². The van der Waals surface area contributed by atoms with Gasteiger partial charge in [0.05, 0.1) is 17.7 Å². The minimum Gasteiger partial charge on any atom is -0.459 e. The quantitative estimate of drug-likeness (QED) is 0.0813. The number of ether oxygens (including phenoxy) is 2. The zero-order chi connectivity index (χ0) is 24.8. The fourth-order valence-electron chi connectivity index (χ4n) is 2.15. The van der Waals surface area contributed by atoms with Crippen LogP contribution in [0.1, 0.15) is 20.7 Å². The van der Waals surface area contributed by atoms with Gasteiger partial charge in [-0.1, -0.05) is 0 Å². The topological polar surface area (TPSA) is 122 Å². The Bertz CT molecular complexity index is 1060. The van der Waals surface area contributed by atoms with E-state index < -0.39 is 50.6 Å². The normalized spacial score (nSPS) is 17.6. The Kier molecular flexibility index (Phi) is 9.28. The lowest BCUT2D eigenvalue weighted by molar-refractivity contribution is -0.191. The van der Waals surface area contributed by atoms with Gasteiger partial charge in [-0.25, -0.2) is 4.79 Å². The number of halogens is 9. The molecule has 0 radical (unpaired) electrons. The molecule has 1 aromatic rings. The third-order valence-electron chi connectivity index (χ3n) is 3.78. The number of alkyl halides is 5. The molecule has 1 amide bonds. The zero-order valence-electron chi connectivity index (χ0n) is 14.8. The number of hydrogen-bond donors (Lipinski definition) is 2. The van der Waals surface area contributed by atoms with Crippen molar-refractivity contribution >= 4 is 112 Å². The van der Waals surface area contributed by atoms with Crippen LogP contribution in [0.3, 0.4) is 0 Å². The first-order valence-electron chi connectivity index (χ1n) is 7.78. The predicted octanol–water partition coefficient (Wildman–Crippen LogP) is 3.80. The molecule has 2 atom stereocenters. The molecular formula is C14H8F5I4NO7S. The van der Waals surface area contributed by atoms with Crippen molar-refractivity contribution in [2.45, 2.75) is 23.6 Å². The van der Waals surface area contributed by atoms with Crippen molar-refractivity contribution < 1.29 is 54.0 Å². The van der Waals surface area contributed by atoms with Crippen LogP contribution in [-0.4, -0.2) is 61.6 Å². The van der Waals surface area contributed by atoms with E-state index in [0.29, 0.717) is 13.7 Å². The second kappa shape index (κ2) is 10.3. The summed E-state index contributed by atoms with van der Waals surface area (Å²) >= 11 is 6.72. The molecule has 0 bridgehead atoms. The minimum atomic E-state index is -6.56. The van der Waals surface area contributed by atoms with Gasteiger partial charge in [0.1, 0.15) is 12.7 Å². The molecule has 1 aliphatic rings. The molecule has 32 heavy (non-hydrogen) atoms. The number of epoxide rings is 1. The second-order valence-electron chi connectivity index (χ2n) is 6.04.